The van der Waals surface area contributed by atoms with Crippen molar-refractivity contribution in [3.63, 3.8) is 0 Å². The van der Waals surface area contributed by atoms with Crippen LogP contribution in [0.2, 0.25) is 0 Å². The second-order valence-corrected chi connectivity index (χ2v) is 6.30. The van der Waals surface area contributed by atoms with Crippen molar-refractivity contribution in [3.05, 3.63) is 65.2 Å². The van der Waals surface area contributed by atoms with E-state index in [2.05, 4.69) is 15.4 Å². The van der Waals surface area contributed by atoms with Gasteiger partial charge in [-0.3, -0.25) is 14.5 Å². The summed E-state index contributed by atoms with van der Waals surface area (Å²) in [6, 6.07) is 8.82. The van der Waals surface area contributed by atoms with Crippen LogP contribution >= 0.6 is 0 Å². The Kier molecular flexibility index (Phi) is 5.02. The molecule has 134 valence electrons. The highest BCUT2D eigenvalue weighted by atomic mass is 16.3. The predicted molar refractivity (Wildman–Crippen MR) is 100 cm³/mol. The fourth-order valence-electron chi connectivity index (χ4n) is 2.98. The van der Waals surface area contributed by atoms with Crippen LogP contribution in [0.1, 0.15) is 27.3 Å². The number of hydrogen-bond acceptors (Lipinski definition) is 4. The quantitative estimate of drug-likeness (QED) is 0.741. The third-order valence-corrected chi connectivity index (χ3v) is 4.43. The van der Waals surface area contributed by atoms with E-state index >= 15 is 0 Å². The van der Waals surface area contributed by atoms with Crippen LogP contribution in [0.4, 0.5) is 0 Å². The molecule has 2 heterocycles. The van der Waals surface area contributed by atoms with Gasteiger partial charge in [0.15, 0.2) is 0 Å². The Morgan fingerprint density at radius 3 is 2.58 bits per heavy atom. The maximum atomic E-state index is 12.4. The number of aryl methyl sites for hydroxylation is 2. The van der Waals surface area contributed by atoms with Gasteiger partial charge in [-0.05, 0) is 44.0 Å². The second-order valence-electron chi connectivity index (χ2n) is 6.30. The summed E-state index contributed by atoms with van der Waals surface area (Å²) in [6.07, 6.45) is 4.02. The molecule has 0 saturated heterocycles. The summed E-state index contributed by atoms with van der Waals surface area (Å²) in [7, 11) is 1.90. The normalized spacial score (nSPS) is 10.7. The van der Waals surface area contributed by atoms with E-state index in [-0.39, 0.29) is 11.7 Å². The van der Waals surface area contributed by atoms with Gasteiger partial charge < -0.3 is 10.4 Å². The Bertz CT molecular complexity index is 929. The van der Waals surface area contributed by atoms with E-state index in [9.17, 15) is 9.90 Å². The first-order chi connectivity index (χ1) is 12.5. The standard InChI is InChI=1S/C20H22N4O2/c1-13-19(14(2)24(3)23-13)16-10-17(12-21-11-16)20(26)22-9-8-15-4-6-18(25)7-5-15/h4-7,10-12,25H,8-9H2,1-3H3,(H,22,26). The first-order valence-electron chi connectivity index (χ1n) is 8.47. The molecule has 3 aromatic rings. The van der Waals surface area contributed by atoms with Crippen molar-refractivity contribution in [2.45, 2.75) is 20.3 Å². The van der Waals surface area contributed by atoms with Crippen molar-refractivity contribution in [3.8, 4) is 16.9 Å². The lowest BCUT2D eigenvalue weighted by Crippen LogP contribution is -2.25. The lowest BCUT2D eigenvalue weighted by Gasteiger charge is -2.07. The van der Waals surface area contributed by atoms with Crippen LogP contribution < -0.4 is 5.32 Å². The second kappa shape index (κ2) is 7.39. The molecule has 0 radical (unpaired) electrons. The van der Waals surface area contributed by atoms with Crippen molar-refractivity contribution in [2.75, 3.05) is 6.54 Å². The lowest BCUT2D eigenvalue weighted by atomic mass is 10.0. The molecule has 1 aromatic carbocycles. The molecule has 26 heavy (non-hydrogen) atoms. The van der Waals surface area contributed by atoms with Gasteiger partial charge in [0.25, 0.3) is 5.91 Å². The van der Waals surface area contributed by atoms with Crippen molar-refractivity contribution < 1.29 is 9.90 Å². The van der Waals surface area contributed by atoms with Crippen LogP contribution in [-0.2, 0) is 13.5 Å². The Labute approximate surface area is 152 Å². The number of carbonyl (C=O) groups is 1. The molecule has 6 heteroatoms. The monoisotopic (exact) mass is 350 g/mol. The van der Waals surface area contributed by atoms with E-state index in [1.54, 1.807) is 24.5 Å². The highest BCUT2D eigenvalue weighted by Gasteiger charge is 2.14. The van der Waals surface area contributed by atoms with Gasteiger partial charge in [0, 0.05) is 42.8 Å². The smallest absolute Gasteiger partial charge is 0.252 e. The van der Waals surface area contributed by atoms with Crippen LogP contribution in [0.15, 0.2) is 42.7 Å². The van der Waals surface area contributed by atoms with Crippen LogP contribution in [0.25, 0.3) is 11.1 Å². The molecule has 0 atom stereocenters. The molecule has 0 unspecified atom stereocenters. The molecule has 2 aromatic heterocycles. The Morgan fingerprint density at radius 1 is 1.19 bits per heavy atom. The molecule has 0 aliphatic carbocycles. The number of pyridine rings is 1. The molecule has 0 fully saturated rings. The van der Waals surface area contributed by atoms with E-state index in [4.69, 9.17) is 0 Å². The van der Waals surface area contributed by atoms with E-state index in [1.807, 2.05) is 43.8 Å². The molecule has 2 N–H and O–H groups in total. The van der Waals surface area contributed by atoms with E-state index in [1.165, 1.54) is 0 Å². The van der Waals surface area contributed by atoms with Crippen molar-refractivity contribution in [2.24, 2.45) is 7.05 Å². The lowest BCUT2D eigenvalue weighted by molar-refractivity contribution is 0.0954. The average Bonchev–Trinajstić information content (AvgIpc) is 2.89. The third-order valence-electron chi connectivity index (χ3n) is 4.43. The largest absolute Gasteiger partial charge is 0.508 e. The number of carbonyl (C=O) groups excluding carboxylic acids is 1. The van der Waals surface area contributed by atoms with Crippen LogP contribution in [0.5, 0.6) is 5.75 Å². The van der Waals surface area contributed by atoms with Gasteiger partial charge in [0.05, 0.1) is 11.3 Å². The number of phenolic OH excluding ortho intramolecular Hbond substituents is 1. The first kappa shape index (κ1) is 17.7. The summed E-state index contributed by atoms with van der Waals surface area (Å²) in [4.78, 5) is 16.7. The highest BCUT2D eigenvalue weighted by Crippen LogP contribution is 2.26. The summed E-state index contributed by atoms with van der Waals surface area (Å²) in [5, 5.41) is 16.6. The van der Waals surface area contributed by atoms with Gasteiger partial charge in [-0.25, -0.2) is 0 Å². The molecule has 0 spiro atoms. The zero-order valence-corrected chi connectivity index (χ0v) is 15.2. The number of nitrogens with one attached hydrogen (secondary N) is 1. The van der Waals surface area contributed by atoms with Gasteiger partial charge in [-0.15, -0.1) is 0 Å². The van der Waals surface area contributed by atoms with Gasteiger partial charge in [0.2, 0.25) is 0 Å². The van der Waals surface area contributed by atoms with Crippen molar-refractivity contribution in [1.29, 1.82) is 0 Å². The molecule has 0 aliphatic heterocycles. The SMILES string of the molecule is Cc1nn(C)c(C)c1-c1cncc(C(=O)NCCc2ccc(O)cc2)c1. The Hall–Kier alpha value is -3.15. The number of hydrogen-bond donors (Lipinski definition) is 2. The number of phenols is 1. The van der Waals surface area contributed by atoms with Crippen LogP contribution in [-0.4, -0.2) is 32.3 Å². The minimum atomic E-state index is -0.155. The Morgan fingerprint density at radius 2 is 1.92 bits per heavy atom. The van der Waals surface area contributed by atoms with E-state index in [0.717, 1.165) is 28.1 Å². The maximum absolute atomic E-state index is 12.4. The summed E-state index contributed by atoms with van der Waals surface area (Å²) < 4.78 is 1.83. The molecular weight excluding hydrogens is 328 g/mol. The van der Waals surface area contributed by atoms with Crippen molar-refractivity contribution >= 4 is 5.91 Å². The minimum Gasteiger partial charge on any atom is -0.508 e. The highest BCUT2D eigenvalue weighted by molar-refractivity contribution is 5.95. The zero-order valence-electron chi connectivity index (χ0n) is 15.2. The summed E-state index contributed by atoms with van der Waals surface area (Å²) >= 11 is 0. The summed E-state index contributed by atoms with van der Waals surface area (Å²) in [5.74, 6) is 0.0824. The average molecular weight is 350 g/mol. The predicted octanol–water partition coefficient (Wildman–Crippen LogP) is 2.78. The minimum absolute atomic E-state index is 0.155. The molecule has 0 saturated carbocycles. The zero-order chi connectivity index (χ0) is 18.7. The molecule has 0 bridgehead atoms. The van der Waals surface area contributed by atoms with Crippen molar-refractivity contribution in [1.82, 2.24) is 20.1 Å². The number of aromatic nitrogens is 3. The van der Waals surface area contributed by atoms with Gasteiger partial charge in [-0.1, -0.05) is 12.1 Å². The molecule has 6 nitrogen and oxygen atoms in total. The summed E-state index contributed by atoms with van der Waals surface area (Å²) in [6.45, 7) is 4.46. The van der Waals surface area contributed by atoms with E-state index in [0.29, 0.717) is 18.5 Å². The number of benzene rings is 1. The van der Waals surface area contributed by atoms with Gasteiger partial charge in [-0.2, -0.15) is 5.10 Å². The molecule has 0 aliphatic rings. The summed E-state index contributed by atoms with van der Waals surface area (Å²) in [5.41, 5.74) is 5.43. The fourth-order valence-corrected chi connectivity index (χ4v) is 2.98. The number of amides is 1. The third kappa shape index (κ3) is 3.74. The van der Waals surface area contributed by atoms with Gasteiger partial charge in [0.1, 0.15) is 5.75 Å². The molecular formula is C20H22N4O2. The number of aromatic hydroxyl groups is 1. The number of nitrogens with zero attached hydrogens (tertiary/aromatic N) is 3. The number of rotatable bonds is 5. The van der Waals surface area contributed by atoms with Gasteiger partial charge >= 0.3 is 0 Å². The Balaban J connectivity index is 1.69. The molecule has 3 rings (SSSR count). The first-order valence-corrected chi connectivity index (χ1v) is 8.47. The fraction of sp³-hybridized carbons (Fsp3) is 0.250. The van der Waals surface area contributed by atoms with Crippen LogP contribution in [0, 0.1) is 13.8 Å². The van der Waals surface area contributed by atoms with E-state index < -0.39 is 0 Å². The maximum Gasteiger partial charge on any atom is 0.252 e. The molecule has 1 amide bonds. The topological polar surface area (TPSA) is 80.0 Å². The van der Waals surface area contributed by atoms with Crippen LogP contribution in [0.3, 0.4) is 0 Å².